The van der Waals surface area contributed by atoms with Gasteiger partial charge in [-0.05, 0) is 54.2 Å². The zero-order valence-electron chi connectivity index (χ0n) is 17.0. The number of rotatable bonds is 6. The molecule has 31 heavy (non-hydrogen) atoms. The summed E-state index contributed by atoms with van der Waals surface area (Å²) < 4.78 is 6.18. The van der Waals surface area contributed by atoms with E-state index in [0.29, 0.717) is 22.5 Å². The fourth-order valence-electron chi connectivity index (χ4n) is 4.72. The molecule has 0 radical (unpaired) electrons. The lowest BCUT2D eigenvalue weighted by molar-refractivity contribution is -0.180. The van der Waals surface area contributed by atoms with Crippen molar-refractivity contribution in [2.24, 2.45) is 5.92 Å². The molecule has 1 amide bonds. The smallest absolute Gasteiger partial charge is 0.306 e. The molecule has 0 unspecified atom stereocenters. The number of carbonyl (C=O) groups is 2. The van der Waals surface area contributed by atoms with Gasteiger partial charge in [0.1, 0.15) is 12.2 Å². The van der Waals surface area contributed by atoms with Crippen molar-refractivity contribution in [3.8, 4) is 0 Å². The first-order valence-corrected chi connectivity index (χ1v) is 11.4. The first-order valence-electron chi connectivity index (χ1n) is 10.6. The van der Waals surface area contributed by atoms with E-state index in [9.17, 15) is 14.7 Å². The van der Waals surface area contributed by atoms with Crippen LogP contribution < -0.4 is 0 Å². The Morgan fingerprint density at radius 3 is 2.39 bits per heavy atom. The monoisotopic (exact) mass is 461 g/mol. The van der Waals surface area contributed by atoms with Crippen LogP contribution in [0.5, 0.6) is 0 Å². The zero-order valence-corrected chi connectivity index (χ0v) is 18.6. The normalized spacial score (nSPS) is 24.5. The second-order valence-electron chi connectivity index (χ2n) is 8.34. The van der Waals surface area contributed by atoms with Gasteiger partial charge in [0.15, 0.2) is 0 Å². The first kappa shape index (κ1) is 22.1. The average molecular weight is 462 g/mol. The lowest BCUT2D eigenvalue weighted by Gasteiger charge is -2.45. The Bertz CT molecular complexity index is 943. The standard InChI is InChI=1S/C24H25Cl2NO4/c25-18-10-8-16(9-11-18)22-23(17-6-3-7-19(26)12-17)31-20(13-21(28)29)24(30)27(22)14-15-4-1-2-5-15/h3,6-12,15,20,22-23H,1-2,4-5,13-14H2,(H,28,29)/t20-,22+,23+/m0/s1. The molecule has 0 bridgehead atoms. The summed E-state index contributed by atoms with van der Waals surface area (Å²) in [6.07, 6.45) is 2.52. The van der Waals surface area contributed by atoms with Crippen LogP contribution in [0.1, 0.15) is 55.4 Å². The average Bonchev–Trinajstić information content (AvgIpc) is 3.24. The maximum absolute atomic E-state index is 13.4. The van der Waals surface area contributed by atoms with E-state index in [1.807, 2.05) is 35.2 Å². The number of nitrogens with zero attached hydrogens (tertiary/aromatic N) is 1. The van der Waals surface area contributed by atoms with E-state index in [-0.39, 0.29) is 12.3 Å². The summed E-state index contributed by atoms with van der Waals surface area (Å²) in [6, 6.07) is 14.3. The van der Waals surface area contributed by atoms with E-state index in [1.54, 1.807) is 18.2 Å². The van der Waals surface area contributed by atoms with Crippen LogP contribution in [-0.4, -0.2) is 34.5 Å². The minimum atomic E-state index is -1.06. The fraction of sp³-hybridized carbons (Fsp3) is 0.417. The predicted molar refractivity (Wildman–Crippen MR) is 119 cm³/mol. The van der Waals surface area contributed by atoms with Crippen LogP contribution in [0.25, 0.3) is 0 Å². The molecule has 2 fully saturated rings. The number of carbonyl (C=O) groups excluding carboxylic acids is 1. The van der Waals surface area contributed by atoms with Crippen LogP contribution in [-0.2, 0) is 14.3 Å². The molecule has 1 saturated heterocycles. The van der Waals surface area contributed by atoms with Crippen molar-refractivity contribution in [2.45, 2.75) is 50.4 Å². The number of carboxylic acids is 1. The fourth-order valence-corrected chi connectivity index (χ4v) is 5.05. The zero-order chi connectivity index (χ0) is 22.0. The largest absolute Gasteiger partial charge is 0.481 e. The molecule has 1 aliphatic heterocycles. The molecule has 5 nitrogen and oxygen atoms in total. The third-order valence-electron chi connectivity index (χ3n) is 6.17. The van der Waals surface area contributed by atoms with E-state index >= 15 is 0 Å². The number of halogens is 2. The van der Waals surface area contributed by atoms with E-state index < -0.39 is 24.2 Å². The highest BCUT2D eigenvalue weighted by Gasteiger charge is 2.45. The lowest BCUT2D eigenvalue weighted by Crippen LogP contribution is -2.52. The first-order chi connectivity index (χ1) is 14.9. The van der Waals surface area contributed by atoms with Gasteiger partial charge >= 0.3 is 5.97 Å². The number of aliphatic carboxylic acids is 1. The van der Waals surface area contributed by atoms with Gasteiger partial charge in [0.25, 0.3) is 5.91 Å². The van der Waals surface area contributed by atoms with Gasteiger partial charge in [-0.25, -0.2) is 0 Å². The molecule has 164 valence electrons. The van der Waals surface area contributed by atoms with Gasteiger partial charge in [0.05, 0.1) is 12.5 Å². The molecule has 1 heterocycles. The number of ether oxygens (including phenoxy) is 1. The SMILES string of the molecule is O=C(O)C[C@@H]1O[C@H](c2cccc(Cl)c2)[C@@H](c2ccc(Cl)cc2)N(CC2CCCC2)C1=O. The Kier molecular flexibility index (Phi) is 6.85. The highest BCUT2D eigenvalue weighted by atomic mass is 35.5. The van der Waals surface area contributed by atoms with Crippen molar-refractivity contribution < 1.29 is 19.4 Å². The minimum absolute atomic E-state index is 0.271. The summed E-state index contributed by atoms with van der Waals surface area (Å²) in [4.78, 5) is 26.7. The second kappa shape index (κ2) is 9.60. The summed E-state index contributed by atoms with van der Waals surface area (Å²) in [5.74, 6) is -0.927. The van der Waals surface area contributed by atoms with Gasteiger partial charge in [-0.15, -0.1) is 0 Å². The van der Waals surface area contributed by atoms with E-state index in [1.165, 1.54) is 0 Å². The Balaban J connectivity index is 1.78. The molecule has 2 aromatic rings. The highest BCUT2D eigenvalue weighted by Crippen LogP contribution is 2.44. The maximum atomic E-state index is 13.4. The quantitative estimate of drug-likeness (QED) is 0.601. The Morgan fingerprint density at radius 1 is 1.03 bits per heavy atom. The summed E-state index contributed by atoms with van der Waals surface area (Å²) >= 11 is 12.4. The third-order valence-corrected chi connectivity index (χ3v) is 6.66. The molecular formula is C24H25Cl2NO4. The molecule has 0 aromatic heterocycles. The van der Waals surface area contributed by atoms with Gasteiger partial charge in [0.2, 0.25) is 0 Å². The predicted octanol–water partition coefficient (Wildman–Crippen LogP) is 5.67. The molecule has 7 heteroatoms. The number of morpholine rings is 1. The van der Waals surface area contributed by atoms with Gasteiger partial charge in [-0.3, -0.25) is 9.59 Å². The topological polar surface area (TPSA) is 66.8 Å². The van der Waals surface area contributed by atoms with Gasteiger partial charge in [-0.1, -0.05) is 60.3 Å². The van der Waals surface area contributed by atoms with E-state index in [4.69, 9.17) is 27.9 Å². The molecule has 1 N–H and O–H groups in total. The highest BCUT2D eigenvalue weighted by molar-refractivity contribution is 6.30. The van der Waals surface area contributed by atoms with Crippen molar-refractivity contribution in [1.29, 1.82) is 0 Å². The molecule has 2 aromatic carbocycles. The third kappa shape index (κ3) is 5.05. The summed E-state index contributed by atoms with van der Waals surface area (Å²) in [5, 5.41) is 10.6. The van der Waals surface area contributed by atoms with Gasteiger partial charge in [0, 0.05) is 16.6 Å². The number of hydrogen-bond donors (Lipinski definition) is 1. The molecule has 0 spiro atoms. The summed E-state index contributed by atoms with van der Waals surface area (Å²) in [5.41, 5.74) is 1.71. The van der Waals surface area contributed by atoms with Gasteiger partial charge < -0.3 is 14.7 Å². The van der Waals surface area contributed by atoms with Crippen LogP contribution in [0.2, 0.25) is 10.0 Å². The van der Waals surface area contributed by atoms with Crippen LogP contribution in [0.3, 0.4) is 0 Å². The van der Waals surface area contributed by atoms with Crippen molar-refractivity contribution in [1.82, 2.24) is 4.90 Å². The van der Waals surface area contributed by atoms with Crippen LogP contribution in [0, 0.1) is 5.92 Å². The Labute approximate surface area is 191 Å². The lowest BCUT2D eigenvalue weighted by atomic mass is 9.90. The summed E-state index contributed by atoms with van der Waals surface area (Å²) in [6.45, 7) is 0.586. The number of benzene rings is 2. The van der Waals surface area contributed by atoms with Crippen molar-refractivity contribution >= 4 is 35.1 Å². The van der Waals surface area contributed by atoms with Crippen LogP contribution in [0.15, 0.2) is 48.5 Å². The molecule has 4 rings (SSSR count). The molecule has 2 aliphatic rings. The van der Waals surface area contributed by atoms with Crippen LogP contribution >= 0.6 is 23.2 Å². The maximum Gasteiger partial charge on any atom is 0.306 e. The van der Waals surface area contributed by atoms with E-state index in [0.717, 1.165) is 36.8 Å². The number of hydrogen-bond acceptors (Lipinski definition) is 3. The Hall–Kier alpha value is -2.08. The molecular weight excluding hydrogens is 437 g/mol. The van der Waals surface area contributed by atoms with E-state index in [2.05, 4.69) is 0 Å². The van der Waals surface area contributed by atoms with Crippen LogP contribution in [0.4, 0.5) is 0 Å². The van der Waals surface area contributed by atoms with Crippen molar-refractivity contribution in [3.63, 3.8) is 0 Å². The van der Waals surface area contributed by atoms with Crippen molar-refractivity contribution in [2.75, 3.05) is 6.54 Å². The molecule has 1 saturated carbocycles. The minimum Gasteiger partial charge on any atom is -0.481 e. The second-order valence-corrected chi connectivity index (χ2v) is 9.21. The molecule has 3 atom stereocenters. The van der Waals surface area contributed by atoms with Gasteiger partial charge in [-0.2, -0.15) is 0 Å². The Morgan fingerprint density at radius 2 is 1.74 bits per heavy atom. The number of amides is 1. The molecule has 1 aliphatic carbocycles. The van der Waals surface area contributed by atoms with Crippen molar-refractivity contribution in [3.05, 3.63) is 69.7 Å². The summed E-state index contributed by atoms with van der Waals surface area (Å²) in [7, 11) is 0. The number of carboxylic acid groups (broad SMARTS) is 1.